The fourth-order valence-electron chi connectivity index (χ4n) is 3.14. The van der Waals surface area contributed by atoms with E-state index < -0.39 is 0 Å². The van der Waals surface area contributed by atoms with Gasteiger partial charge in [-0.2, -0.15) is 0 Å². The lowest BCUT2D eigenvalue weighted by Crippen LogP contribution is -2.39. The summed E-state index contributed by atoms with van der Waals surface area (Å²) < 4.78 is 14.3. The van der Waals surface area contributed by atoms with Gasteiger partial charge in [0.05, 0.1) is 4.47 Å². The molecule has 5 heteroatoms. The van der Waals surface area contributed by atoms with Gasteiger partial charge in [0, 0.05) is 30.1 Å². The van der Waals surface area contributed by atoms with Crippen molar-refractivity contribution in [2.75, 3.05) is 13.1 Å². The summed E-state index contributed by atoms with van der Waals surface area (Å²) in [5.41, 5.74) is 8.35. The first-order valence-electron chi connectivity index (χ1n) is 7.09. The van der Waals surface area contributed by atoms with E-state index in [2.05, 4.69) is 39.2 Å². The van der Waals surface area contributed by atoms with Crippen molar-refractivity contribution in [3.05, 3.63) is 55.9 Å². The zero-order valence-corrected chi connectivity index (χ0v) is 14.3. The number of nitrogens with two attached hydrogens (primary N) is 1. The molecule has 0 spiro atoms. The van der Waals surface area contributed by atoms with E-state index >= 15 is 0 Å². The van der Waals surface area contributed by atoms with Crippen LogP contribution in [-0.4, -0.2) is 18.0 Å². The maximum Gasteiger partial charge on any atom is 0.137 e. The monoisotopic (exact) mass is 368 g/mol. The molecule has 0 saturated heterocycles. The number of hydrogen-bond acceptors (Lipinski definition) is 3. The molecule has 21 heavy (non-hydrogen) atoms. The number of nitrogens with zero attached hydrogens (tertiary/aromatic N) is 1. The van der Waals surface area contributed by atoms with E-state index in [1.807, 2.05) is 17.4 Å². The van der Waals surface area contributed by atoms with E-state index in [1.54, 1.807) is 12.1 Å². The Hall–Kier alpha value is -0.750. The number of halogens is 2. The summed E-state index contributed by atoms with van der Waals surface area (Å²) in [5, 5.41) is 2.15. The van der Waals surface area contributed by atoms with Crippen molar-refractivity contribution in [2.24, 2.45) is 5.73 Å². The zero-order valence-electron chi connectivity index (χ0n) is 11.9. The highest BCUT2D eigenvalue weighted by Crippen LogP contribution is 2.38. The molecule has 1 aromatic carbocycles. The fourth-order valence-corrected chi connectivity index (χ4v) is 4.35. The molecular weight excluding hydrogens is 351 g/mol. The van der Waals surface area contributed by atoms with Crippen LogP contribution in [-0.2, 0) is 6.42 Å². The predicted octanol–water partition coefficient (Wildman–Crippen LogP) is 4.27. The van der Waals surface area contributed by atoms with Gasteiger partial charge in [0.1, 0.15) is 5.82 Å². The van der Waals surface area contributed by atoms with Crippen molar-refractivity contribution in [3.8, 4) is 0 Å². The zero-order chi connectivity index (χ0) is 15.0. The van der Waals surface area contributed by atoms with Crippen LogP contribution in [0.15, 0.2) is 34.1 Å². The lowest BCUT2D eigenvalue weighted by molar-refractivity contribution is 0.138. The Kier molecular flexibility index (Phi) is 4.45. The van der Waals surface area contributed by atoms with Gasteiger partial charge in [-0.1, -0.05) is 6.07 Å². The Balaban J connectivity index is 1.92. The number of fused-ring (bicyclic) bond motifs is 1. The Labute approximate surface area is 136 Å². The van der Waals surface area contributed by atoms with Crippen molar-refractivity contribution in [1.82, 2.24) is 4.90 Å². The van der Waals surface area contributed by atoms with Crippen molar-refractivity contribution >= 4 is 27.3 Å². The molecular formula is C16H18BrFN2S. The molecule has 0 aliphatic carbocycles. The maximum atomic E-state index is 13.8. The third kappa shape index (κ3) is 2.80. The van der Waals surface area contributed by atoms with Gasteiger partial charge in [0.15, 0.2) is 0 Å². The molecule has 1 aliphatic heterocycles. The van der Waals surface area contributed by atoms with Gasteiger partial charge in [-0.05, 0) is 64.0 Å². The second-order valence-electron chi connectivity index (χ2n) is 5.39. The molecule has 3 rings (SSSR count). The predicted molar refractivity (Wildman–Crippen MR) is 89.0 cm³/mol. The molecule has 0 bridgehead atoms. The molecule has 2 aromatic rings. The molecule has 0 amide bonds. The number of rotatable bonds is 3. The average molecular weight is 369 g/mol. The third-order valence-electron chi connectivity index (χ3n) is 4.28. The number of thiophene rings is 1. The highest BCUT2D eigenvalue weighted by atomic mass is 79.9. The Morgan fingerprint density at radius 3 is 3.00 bits per heavy atom. The first-order chi connectivity index (χ1) is 10.1. The standard InChI is InChI=1S/C16H18BrFN2S/c1-10-12-5-7-21-16(12)4-6-20(10)15(9-19)11-2-3-13(17)14(18)8-11/h2-3,5,7-8,10,15H,4,6,9,19H2,1H3. The van der Waals surface area contributed by atoms with Gasteiger partial charge in [-0.3, -0.25) is 4.90 Å². The van der Waals surface area contributed by atoms with Crippen LogP contribution in [0.2, 0.25) is 0 Å². The molecule has 1 aliphatic rings. The second kappa shape index (κ2) is 6.16. The molecule has 2 N–H and O–H groups in total. The van der Waals surface area contributed by atoms with Crippen molar-refractivity contribution in [1.29, 1.82) is 0 Å². The largest absolute Gasteiger partial charge is 0.329 e. The lowest BCUT2D eigenvalue weighted by atomic mass is 9.96. The minimum Gasteiger partial charge on any atom is -0.329 e. The summed E-state index contributed by atoms with van der Waals surface area (Å²) in [6, 6.07) is 7.89. The molecule has 0 radical (unpaired) electrons. The summed E-state index contributed by atoms with van der Waals surface area (Å²) in [4.78, 5) is 3.86. The Bertz CT molecular complexity index is 643. The number of hydrogen-bond donors (Lipinski definition) is 1. The highest BCUT2D eigenvalue weighted by Gasteiger charge is 2.30. The van der Waals surface area contributed by atoms with E-state index in [-0.39, 0.29) is 11.9 Å². The van der Waals surface area contributed by atoms with E-state index in [0.717, 1.165) is 18.5 Å². The van der Waals surface area contributed by atoms with Crippen molar-refractivity contribution < 1.29 is 4.39 Å². The smallest absolute Gasteiger partial charge is 0.137 e. The Morgan fingerprint density at radius 2 is 2.29 bits per heavy atom. The van der Waals surface area contributed by atoms with Crippen LogP contribution in [0.1, 0.15) is 35.0 Å². The van der Waals surface area contributed by atoms with Gasteiger partial charge in [0.2, 0.25) is 0 Å². The molecule has 2 heterocycles. The normalized spacial score (nSPS) is 20.3. The minimum absolute atomic E-state index is 0.0515. The van der Waals surface area contributed by atoms with Crippen LogP contribution in [0.5, 0.6) is 0 Å². The third-order valence-corrected chi connectivity index (χ3v) is 5.92. The summed E-state index contributed by atoms with van der Waals surface area (Å²) in [6.45, 7) is 3.67. The van der Waals surface area contributed by atoms with E-state index in [1.165, 1.54) is 10.4 Å². The molecule has 112 valence electrons. The number of benzene rings is 1. The van der Waals surface area contributed by atoms with Crippen LogP contribution in [0, 0.1) is 5.82 Å². The van der Waals surface area contributed by atoms with Gasteiger partial charge in [-0.25, -0.2) is 4.39 Å². The SMILES string of the molecule is CC1c2ccsc2CCN1C(CN)c1ccc(Br)c(F)c1. The fraction of sp³-hybridized carbons (Fsp3) is 0.375. The average Bonchev–Trinajstić information content (AvgIpc) is 2.95. The van der Waals surface area contributed by atoms with Gasteiger partial charge in [0.25, 0.3) is 0 Å². The topological polar surface area (TPSA) is 29.3 Å². The minimum atomic E-state index is -0.230. The van der Waals surface area contributed by atoms with Gasteiger partial charge >= 0.3 is 0 Å². The summed E-state index contributed by atoms with van der Waals surface area (Å²) >= 11 is 5.03. The maximum absolute atomic E-state index is 13.8. The van der Waals surface area contributed by atoms with E-state index in [4.69, 9.17) is 5.73 Å². The summed E-state index contributed by atoms with van der Waals surface area (Å²) in [5.74, 6) is -0.230. The van der Waals surface area contributed by atoms with E-state index in [9.17, 15) is 4.39 Å². The molecule has 2 atom stereocenters. The summed E-state index contributed by atoms with van der Waals surface area (Å²) in [7, 11) is 0. The molecule has 2 unspecified atom stereocenters. The Morgan fingerprint density at radius 1 is 1.48 bits per heavy atom. The lowest BCUT2D eigenvalue weighted by Gasteiger charge is -2.39. The van der Waals surface area contributed by atoms with Gasteiger partial charge in [-0.15, -0.1) is 11.3 Å². The molecule has 2 nitrogen and oxygen atoms in total. The quantitative estimate of drug-likeness (QED) is 0.876. The molecule has 0 saturated carbocycles. The first-order valence-corrected chi connectivity index (χ1v) is 8.76. The van der Waals surface area contributed by atoms with Gasteiger partial charge < -0.3 is 5.73 Å². The van der Waals surface area contributed by atoms with Crippen LogP contribution in [0.3, 0.4) is 0 Å². The highest BCUT2D eigenvalue weighted by molar-refractivity contribution is 9.10. The molecule has 1 aromatic heterocycles. The molecule has 0 fully saturated rings. The van der Waals surface area contributed by atoms with Crippen LogP contribution in [0.4, 0.5) is 4.39 Å². The van der Waals surface area contributed by atoms with E-state index in [0.29, 0.717) is 17.1 Å². The van der Waals surface area contributed by atoms with Crippen molar-refractivity contribution in [3.63, 3.8) is 0 Å². The van der Waals surface area contributed by atoms with Crippen LogP contribution >= 0.6 is 27.3 Å². The second-order valence-corrected chi connectivity index (χ2v) is 7.24. The van der Waals surface area contributed by atoms with Crippen LogP contribution < -0.4 is 5.73 Å². The van der Waals surface area contributed by atoms with Crippen LogP contribution in [0.25, 0.3) is 0 Å². The summed E-state index contributed by atoms with van der Waals surface area (Å²) in [6.07, 6.45) is 1.05. The van der Waals surface area contributed by atoms with Crippen molar-refractivity contribution in [2.45, 2.75) is 25.4 Å². The first kappa shape index (κ1) is 15.2.